The first-order chi connectivity index (χ1) is 12.4. The van der Waals surface area contributed by atoms with Crippen LogP contribution in [0.4, 0.5) is 5.69 Å². The number of anilines is 1. The molecule has 4 rings (SSSR count). The first kappa shape index (κ1) is 17.0. The number of benzene rings is 2. The van der Waals surface area contributed by atoms with Gasteiger partial charge >= 0.3 is 0 Å². The number of fused-ring (bicyclic) bond motifs is 1. The lowest BCUT2D eigenvalue weighted by molar-refractivity contribution is -0.126. The van der Waals surface area contributed by atoms with Crippen molar-refractivity contribution >= 4 is 38.1 Å². The number of rotatable bonds is 3. The van der Waals surface area contributed by atoms with Crippen LogP contribution >= 0.6 is 0 Å². The molecule has 0 radical (unpaired) electrons. The number of carbonyl (C=O) groups is 2. The summed E-state index contributed by atoms with van der Waals surface area (Å²) in [6.07, 6.45) is 0.594. The fourth-order valence-electron chi connectivity index (χ4n) is 3.79. The predicted molar refractivity (Wildman–Crippen MR) is 99.6 cm³/mol. The molecule has 0 spiro atoms. The summed E-state index contributed by atoms with van der Waals surface area (Å²) in [5.41, 5.74) is 0.812. The van der Waals surface area contributed by atoms with Gasteiger partial charge in [-0.15, -0.1) is 0 Å². The monoisotopic (exact) mass is 372 g/mol. The van der Waals surface area contributed by atoms with Gasteiger partial charge in [0.1, 0.15) is 0 Å². The summed E-state index contributed by atoms with van der Waals surface area (Å²) in [5, 5.41) is 4.83. The molecule has 0 aromatic heterocycles. The smallest absolute Gasteiger partial charge is 0.227 e. The number of amides is 2. The quantitative estimate of drug-likeness (QED) is 0.885. The number of nitrogens with zero attached hydrogens (tertiary/aromatic N) is 1. The molecule has 2 aliphatic rings. The summed E-state index contributed by atoms with van der Waals surface area (Å²) < 4.78 is 23.1. The van der Waals surface area contributed by atoms with E-state index in [-0.39, 0.29) is 35.8 Å². The molecule has 0 saturated carbocycles. The summed E-state index contributed by atoms with van der Waals surface area (Å²) >= 11 is 0. The second-order valence-corrected chi connectivity index (χ2v) is 9.24. The molecule has 136 valence electrons. The Labute approximate surface area is 152 Å². The summed E-state index contributed by atoms with van der Waals surface area (Å²) in [4.78, 5) is 26.7. The zero-order valence-corrected chi connectivity index (χ0v) is 15.0. The summed E-state index contributed by atoms with van der Waals surface area (Å²) in [7, 11) is -3.05. The molecule has 2 aromatic carbocycles. The van der Waals surface area contributed by atoms with Gasteiger partial charge in [0.25, 0.3) is 0 Å². The molecule has 26 heavy (non-hydrogen) atoms. The average molecular weight is 372 g/mol. The second-order valence-electron chi connectivity index (χ2n) is 7.01. The van der Waals surface area contributed by atoms with E-state index in [1.165, 1.54) is 0 Å². The Bertz CT molecular complexity index is 981. The fraction of sp³-hybridized carbons (Fsp3) is 0.368. The van der Waals surface area contributed by atoms with Crippen LogP contribution in [-0.2, 0) is 19.4 Å². The van der Waals surface area contributed by atoms with Gasteiger partial charge in [-0.3, -0.25) is 9.59 Å². The standard InChI is InChI=1S/C19H20N2O4S/c22-18-10-14(19(23)20-15-8-9-26(24,25)12-15)11-21(18)17-7-3-5-13-4-1-2-6-16(13)17/h1-7,14-15H,8-12H2,(H,20,23). The molecule has 2 atom stereocenters. The lowest BCUT2D eigenvalue weighted by atomic mass is 10.1. The largest absolute Gasteiger partial charge is 0.352 e. The van der Waals surface area contributed by atoms with Gasteiger partial charge in [0.15, 0.2) is 9.84 Å². The van der Waals surface area contributed by atoms with Gasteiger partial charge in [0, 0.05) is 24.4 Å². The maximum absolute atomic E-state index is 12.5. The first-order valence-corrected chi connectivity index (χ1v) is 10.5. The van der Waals surface area contributed by atoms with Crippen molar-refractivity contribution in [1.82, 2.24) is 5.32 Å². The van der Waals surface area contributed by atoms with Crippen molar-refractivity contribution in [2.24, 2.45) is 5.92 Å². The van der Waals surface area contributed by atoms with Crippen LogP contribution < -0.4 is 10.2 Å². The third-order valence-corrected chi connectivity index (χ3v) is 6.90. The Hall–Kier alpha value is -2.41. The Morgan fingerprint density at radius 3 is 2.65 bits per heavy atom. The molecule has 2 heterocycles. The molecule has 6 nitrogen and oxygen atoms in total. The number of carbonyl (C=O) groups excluding carboxylic acids is 2. The van der Waals surface area contributed by atoms with Gasteiger partial charge in [-0.1, -0.05) is 36.4 Å². The van der Waals surface area contributed by atoms with Crippen molar-refractivity contribution in [3.8, 4) is 0 Å². The van der Waals surface area contributed by atoms with Gasteiger partial charge in [-0.05, 0) is 17.9 Å². The van der Waals surface area contributed by atoms with Crippen molar-refractivity contribution in [2.75, 3.05) is 23.0 Å². The topological polar surface area (TPSA) is 83.5 Å². The zero-order valence-electron chi connectivity index (χ0n) is 14.2. The van der Waals surface area contributed by atoms with Gasteiger partial charge in [0.05, 0.1) is 23.1 Å². The van der Waals surface area contributed by atoms with Crippen LogP contribution in [0, 0.1) is 5.92 Å². The first-order valence-electron chi connectivity index (χ1n) is 8.72. The Morgan fingerprint density at radius 2 is 1.88 bits per heavy atom. The van der Waals surface area contributed by atoms with Crippen molar-refractivity contribution in [2.45, 2.75) is 18.9 Å². The molecule has 2 saturated heterocycles. The van der Waals surface area contributed by atoms with Crippen LogP contribution in [0.2, 0.25) is 0 Å². The maximum atomic E-state index is 12.5. The van der Waals surface area contributed by atoms with Gasteiger partial charge < -0.3 is 10.2 Å². The van der Waals surface area contributed by atoms with Crippen molar-refractivity contribution in [3.63, 3.8) is 0 Å². The van der Waals surface area contributed by atoms with Crippen LogP contribution in [0.3, 0.4) is 0 Å². The number of hydrogen-bond acceptors (Lipinski definition) is 4. The molecular weight excluding hydrogens is 352 g/mol. The normalized spacial score (nSPS) is 24.9. The minimum atomic E-state index is -3.05. The molecule has 1 N–H and O–H groups in total. The minimum Gasteiger partial charge on any atom is -0.352 e. The van der Waals surface area contributed by atoms with Crippen LogP contribution in [0.25, 0.3) is 10.8 Å². The second kappa shape index (κ2) is 6.39. The average Bonchev–Trinajstić information content (AvgIpc) is 3.16. The van der Waals surface area contributed by atoms with E-state index < -0.39 is 15.8 Å². The van der Waals surface area contributed by atoms with E-state index in [9.17, 15) is 18.0 Å². The molecule has 2 aliphatic heterocycles. The van der Waals surface area contributed by atoms with Crippen LogP contribution in [0.1, 0.15) is 12.8 Å². The van der Waals surface area contributed by atoms with Crippen molar-refractivity contribution in [1.29, 1.82) is 0 Å². The van der Waals surface area contributed by atoms with Gasteiger partial charge in [-0.2, -0.15) is 0 Å². The van der Waals surface area contributed by atoms with Crippen LogP contribution in [0.15, 0.2) is 42.5 Å². The molecule has 0 aliphatic carbocycles. The Balaban J connectivity index is 1.51. The van der Waals surface area contributed by atoms with E-state index in [0.717, 1.165) is 16.5 Å². The highest BCUT2D eigenvalue weighted by Gasteiger charge is 2.37. The molecule has 7 heteroatoms. The van der Waals surface area contributed by atoms with E-state index >= 15 is 0 Å². The van der Waals surface area contributed by atoms with E-state index in [0.29, 0.717) is 13.0 Å². The van der Waals surface area contributed by atoms with Crippen molar-refractivity contribution in [3.05, 3.63) is 42.5 Å². The molecule has 0 bridgehead atoms. The predicted octanol–water partition coefficient (Wildman–Crippen LogP) is 1.50. The highest BCUT2D eigenvalue weighted by molar-refractivity contribution is 7.91. The Morgan fingerprint density at radius 1 is 1.12 bits per heavy atom. The van der Waals surface area contributed by atoms with E-state index in [2.05, 4.69) is 5.32 Å². The fourth-order valence-corrected chi connectivity index (χ4v) is 5.46. The summed E-state index contributed by atoms with van der Waals surface area (Å²) in [6, 6.07) is 13.3. The molecule has 2 aromatic rings. The van der Waals surface area contributed by atoms with Gasteiger partial charge in [0.2, 0.25) is 11.8 Å². The third-order valence-electron chi connectivity index (χ3n) is 5.13. The maximum Gasteiger partial charge on any atom is 0.227 e. The van der Waals surface area contributed by atoms with Crippen LogP contribution in [-0.4, -0.2) is 44.3 Å². The highest BCUT2D eigenvalue weighted by atomic mass is 32.2. The SMILES string of the molecule is O=C(NC1CCS(=O)(=O)C1)C1CC(=O)N(c2cccc3ccccc23)C1. The minimum absolute atomic E-state index is 0.00750. The van der Waals surface area contributed by atoms with Crippen LogP contribution in [0.5, 0.6) is 0 Å². The van der Waals surface area contributed by atoms with E-state index in [1.807, 2.05) is 42.5 Å². The number of sulfone groups is 1. The van der Waals surface area contributed by atoms with Gasteiger partial charge in [-0.25, -0.2) is 8.42 Å². The Kier molecular flexibility index (Phi) is 4.19. The molecule has 2 fully saturated rings. The van der Waals surface area contributed by atoms with E-state index in [4.69, 9.17) is 0 Å². The van der Waals surface area contributed by atoms with Crippen molar-refractivity contribution < 1.29 is 18.0 Å². The lowest BCUT2D eigenvalue weighted by Gasteiger charge is -2.19. The zero-order chi connectivity index (χ0) is 18.3. The third kappa shape index (κ3) is 3.19. The highest BCUT2D eigenvalue weighted by Crippen LogP contribution is 2.31. The molecule has 2 unspecified atom stereocenters. The number of nitrogens with one attached hydrogen (secondary N) is 1. The lowest BCUT2D eigenvalue weighted by Crippen LogP contribution is -2.40. The molecule has 2 amide bonds. The number of hydrogen-bond donors (Lipinski definition) is 1. The van der Waals surface area contributed by atoms with E-state index in [1.54, 1.807) is 4.90 Å². The molecular formula is C19H20N2O4S. The summed E-state index contributed by atoms with van der Waals surface area (Å²) in [6.45, 7) is 0.318. The summed E-state index contributed by atoms with van der Waals surface area (Å²) in [5.74, 6) is -0.663.